The number of nitrogens with one attached hydrogen (secondary N) is 4. The molecule has 0 heterocycles. The van der Waals surface area contributed by atoms with Gasteiger partial charge in [0.15, 0.2) is 0 Å². The van der Waals surface area contributed by atoms with Crippen molar-refractivity contribution in [2.24, 2.45) is 0 Å². The molecular weight excluding hydrogens is 875 g/mol. The highest BCUT2D eigenvalue weighted by Crippen LogP contribution is 2.14. The summed E-state index contributed by atoms with van der Waals surface area (Å²) in [5.74, 6) is 0.0941. The van der Waals surface area contributed by atoms with Gasteiger partial charge in [-0.25, -0.2) is 0 Å². The molecule has 420 valence electrons. The van der Waals surface area contributed by atoms with Gasteiger partial charge in [0.25, 0.3) is 0 Å². The Morgan fingerprint density at radius 2 is 0.614 bits per heavy atom. The Morgan fingerprint density at radius 3 is 0.857 bits per heavy atom. The van der Waals surface area contributed by atoms with Gasteiger partial charge in [-0.1, -0.05) is 247 Å². The average molecular weight is 999 g/mol. The van der Waals surface area contributed by atoms with Gasteiger partial charge >= 0.3 is 0 Å². The molecule has 11 nitrogen and oxygen atoms in total. The second-order valence-electron chi connectivity index (χ2n) is 20.3. The van der Waals surface area contributed by atoms with Gasteiger partial charge in [0.05, 0.1) is 25.9 Å². The van der Waals surface area contributed by atoms with Crippen LogP contribution in [0.5, 0.6) is 0 Å². The quantitative estimate of drug-likeness (QED) is 0.0296. The Labute approximate surface area is 435 Å². The number of hydrogen-bond donors (Lipinski definition) is 7. The zero-order chi connectivity index (χ0) is 50.9. The van der Waals surface area contributed by atoms with Gasteiger partial charge in [0.1, 0.15) is 0 Å². The summed E-state index contributed by atoms with van der Waals surface area (Å²) in [6, 6.07) is -0.340. The van der Waals surface area contributed by atoms with E-state index in [-0.39, 0.29) is 51.0 Å². The Bertz CT molecular complexity index is 1000. The van der Waals surface area contributed by atoms with Crippen LogP contribution in [0.2, 0.25) is 0 Å². The van der Waals surface area contributed by atoms with Crippen molar-refractivity contribution >= 4 is 17.7 Å². The van der Waals surface area contributed by atoms with E-state index < -0.39 is 6.04 Å². The minimum atomic E-state index is -0.455. The van der Waals surface area contributed by atoms with Gasteiger partial charge in [-0.15, -0.1) is 0 Å². The lowest BCUT2D eigenvalue weighted by molar-refractivity contribution is -0.122. The number of nitrogens with zero attached hydrogens (tertiary/aromatic N) is 1. The molecule has 0 aromatic heterocycles. The van der Waals surface area contributed by atoms with E-state index in [0.717, 1.165) is 45.1 Å². The molecule has 0 rings (SSSR count). The lowest BCUT2D eigenvalue weighted by Crippen LogP contribution is -2.44. The van der Waals surface area contributed by atoms with Crippen molar-refractivity contribution in [3.05, 3.63) is 0 Å². The lowest BCUT2D eigenvalue weighted by Gasteiger charge is -2.28. The van der Waals surface area contributed by atoms with E-state index in [1.54, 1.807) is 0 Å². The van der Waals surface area contributed by atoms with E-state index in [0.29, 0.717) is 52.0 Å². The van der Waals surface area contributed by atoms with Crippen LogP contribution in [-0.4, -0.2) is 109 Å². The molecule has 7 N–H and O–H groups in total. The average Bonchev–Trinajstić information content (AvgIpc) is 3.35. The first kappa shape index (κ1) is 72.5. The second kappa shape index (κ2) is 61.5. The van der Waals surface area contributed by atoms with Crippen LogP contribution in [0.3, 0.4) is 0 Å². The van der Waals surface area contributed by atoms with E-state index in [4.69, 9.17) is 5.11 Å². The molecule has 0 fully saturated rings. The topological polar surface area (TPSA) is 163 Å². The van der Waals surface area contributed by atoms with Crippen molar-refractivity contribution in [2.75, 3.05) is 59.1 Å². The second-order valence-corrected chi connectivity index (χ2v) is 20.3. The Kier molecular flexibility index (Phi) is 63.7. The molecule has 3 amide bonds. The summed E-state index contributed by atoms with van der Waals surface area (Å²) in [5, 5.41) is 40.7. The van der Waals surface area contributed by atoms with E-state index >= 15 is 0 Å². The van der Waals surface area contributed by atoms with Gasteiger partial charge in [-0.3, -0.25) is 19.3 Å². The predicted octanol–water partition coefficient (Wildman–Crippen LogP) is 13.2. The molecule has 0 spiro atoms. The van der Waals surface area contributed by atoms with Crippen molar-refractivity contribution in [1.29, 1.82) is 0 Å². The van der Waals surface area contributed by atoms with E-state index in [1.165, 1.54) is 199 Å². The molecule has 0 saturated heterocycles. The van der Waals surface area contributed by atoms with Crippen molar-refractivity contribution in [3.63, 3.8) is 0 Å². The summed E-state index contributed by atoms with van der Waals surface area (Å²) in [7, 11) is 0. The molecule has 0 aromatic rings. The molecule has 1 unspecified atom stereocenters. The highest BCUT2D eigenvalue weighted by molar-refractivity contribution is 5.77. The van der Waals surface area contributed by atoms with Crippen molar-refractivity contribution in [2.45, 2.75) is 304 Å². The largest absolute Gasteiger partial charge is 0.395 e. The fourth-order valence-corrected chi connectivity index (χ4v) is 8.83. The van der Waals surface area contributed by atoms with E-state index in [9.17, 15) is 24.6 Å². The number of carbonyl (C=O) groups excluding carboxylic acids is 3. The van der Waals surface area contributed by atoms with Gasteiger partial charge < -0.3 is 36.6 Å². The summed E-state index contributed by atoms with van der Waals surface area (Å²) in [5.41, 5.74) is 0. The molecule has 0 aromatic carbocycles. The molecule has 70 heavy (non-hydrogen) atoms. The van der Waals surface area contributed by atoms with Crippen LogP contribution < -0.4 is 21.3 Å². The maximum absolute atomic E-state index is 12.4. The highest BCUT2D eigenvalue weighted by atomic mass is 16.3. The van der Waals surface area contributed by atoms with E-state index in [1.807, 2.05) is 11.8 Å². The van der Waals surface area contributed by atoms with Crippen LogP contribution in [0.15, 0.2) is 0 Å². The van der Waals surface area contributed by atoms with Crippen molar-refractivity contribution in [3.8, 4) is 0 Å². The summed E-state index contributed by atoms with van der Waals surface area (Å²) in [6.07, 6.45) is 49.2. The molecule has 0 bridgehead atoms. The van der Waals surface area contributed by atoms with E-state index in [2.05, 4.69) is 42.0 Å². The van der Waals surface area contributed by atoms with Crippen LogP contribution in [-0.2, 0) is 14.4 Å². The third-order valence-corrected chi connectivity index (χ3v) is 13.7. The molecule has 0 aliphatic carbocycles. The van der Waals surface area contributed by atoms with Crippen LogP contribution in [0.4, 0.5) is 0 Å². The Balaban J connectivity index is -0.00000147. The number of aliphatic hydroxyl groups is 3. The number of rotatable bonds is 54. The molecule has 1 atom stereocenters. The minimum absolute atomic E-state index is 0. The van der Waals surface area contributed by atoms with Crippen molar-refractivity contribution in [1.82, 2.24) is 26.2 Å². The highest BCUT2D eigenvalue weighted by Gasteiger charge is 2.19. The lowest BCUT2D eigenvalue weighted by atomic mass is 10.1. The molecule has 0 aliphatic rings. The third-order valence-electron chi connectivity index (χ3n) is 13.7. The number of hydrogen-bond acceptors (Lipinski definition) is 8. The first-order valence-electron chi connectivity index (χ1n) is 29.9. The van der Waals surface area contributed by atoms with Gasteiger partial charge in [-0.2, -0.15) is 0 Å². The zero-order valence-corrected chi connectivity index (χ0v) is 46.3. The van der Waals surface area contributed by atoms with Gasteiger partial charge in [0.2, 0.25) is 17.7 Å². The monoisotopic (exact) mass is 998 g/mol. The normalized spacial score (nSPS) is 11.6. The van der Waals surface area contributed by atoms with Crippen LogP contribution in [0, 0.1) is 0 Å². The molecule has 11 heteroatoms. The third kappa shape index (κ3) is 55.5. The fraction of sp³-hybridized carbons (Fsp3) is 0.949. The van der Waals surface area contributed by atoms with Gasteiger partial charge in [-0.05, 0) is 25.7 Å². The molecule has 0 radical (unpaired) electrons. The standard InChI is InChI=1S/C37H75N3O4.C21H44N2O2.CH4/c1-3-5-7-9-11-13-15-17-19-21-23-25-29-38-36(43)27-31-40(35(33-41)34-42)32-28-37(44)39-30-26-24-22-20-18-16-14-12-10-8-6-4-2;1-3-5-6-7-8-9-10-11-12-13-14-15-17-23-21(25)16-18-22-20(4-2)19-24;/h35,41-42H,3-34H2,1-2H3,(H,38,43)(H,39,44);20,22,24H,3-19H2,1-2H3,(H,23,25);1H4. The minimum Gasteiger partial charge on any atom is -0.395 e. The number of unbranched alkanes of at least 4 members (excludes halogenated alkanes) is 33. The smallest absolute Gasteiger partial charge is 0.221 e. The summed E-state index contributed by atoms with van der Waals surface area (Å²) < 4.78 is 0. The van der Waals surface area contributed by atoms with Gasteiger partial charge in [0, 0.05) is 64.6 Å². The number of aliphatic hydroxyl groups excluding tert-OH is 3. The first-order valence-corrected chi connectivity index (χ1v) is 29.9. The molecular formula is C59H123N5O6. The summed E-state index contributed by atoms with van der Waals surface area (Å²) in [6.45, 7) is 12.2. The Morgan fingerprint density at radius 1 is 0.357 bits per heavy atom. The maximum atomic E-state index is 12.4. The maximum Gasteiger partial charge on any atom is 0.221 e. The zero-order valence-electron chi connectivity index (χ0n) is 46.3. The SMILES string of the molecule is C.CCCCCCCCCCCCCCNC(=O)CCN(CCC(=O)NCCCCCCCCCCCCCC)C(CO)CO.CCCCCCCCCCCCCCNC(=O)CCNC(CC)CO. The fourth-order valence-electron chi connectivity index (χ4n) is 8.83. The summed E-state index contributed by atoms with van der Waals surface area (Å²) >= 11 is 0. The van der Waals surface area contributed by atoms with Crippen LogP contribution in [0.25, 0.3) is 0 Å². The number of carbonyl (C=O) groups is 3. The van der Waals surface area contributed by atoms with Crippen LogP contribution in [0.1, 0.15) is 292 Å². The number of amides is 3. The predicted molar refractivity (Wildman–Crippen MR) is 302 cm³/mol. The molecule has 0 aliphatic heterocycles. The van der Waals surface area contributed by atoms with Crippen LogP contribution >= 0.6 is 0 Å². The summed E-state index contributed by atoms with van der Waals surface area (Å²) in [4.78, 5) is 38.3. The van der Waals surface area contributed by atoms with Crippen molar-refractivity contribution < 1.29 is 29.7 Å². The first-order chi connectivity index (χ1) is 33.8. The Hall–Kier alpha value is -1.79. The molecule has 0 saturated carbocycles.